The molecular weight excluding hydrogens is 283 g/mol. The average Bonchev–Trinajstić information content (AvgIpc) is 2.78. The molecule has 1 aromatic carbocycles. The summed E-state index contributed by atoms with van der Waals surface area (Å²) in [7, 11) is 1.94. The number of nitrogens with one attached hydrogen (secondary N) is 1. The first kappa shape index (κ1) is 16.4. The minimum Gasteiger partial charge on any atom is -0.315 e. The molecule has 0 atom stereocenters. The molecule has 0 amide bonds. The second-order valence-corrected chi connectivity index (χ2v) is 6.85. The van der Waals surface area contributed by atoms with Gasteiger partial charge in [-0.2, -0.15) is 0 Å². The molecule has 0 fully saturated rings. The minimum absolute atomic E-state index is 0.0960. The van der Waals surface area contributed by atoms with Crippen LogP contribution in [0.15, 0.2) is 18.2 Å². The molecule has 1 heterocycles. The summed E-state index contributed by atoms with van der Waals surface area (Å²) in [6, 6.07) is 5.86. The average molecular weight is 308 g/mol. The lowest BCUT2D eigenvalue weighted by Crippen LogP contribution is -2.31. The third-order valence-electron chi connectivity index (χ3n) is 3.79. The van der Waals surface area contributed by atoms with Crippen LogP contribution in [0.25, 0.3) is 10.1 Å². The Labute approximate surface area is 131 Å². The van der Waals surface area contributed by atoms with Crippen LogP contribution >= 0.6 is 11.3 Å². The highest BCUT2D eigenvalue weighted by Crippen LogP contribution is 2.34. The van der Waals surface area contributed by atoms with Crippen molar-refractivity contribution in [1.82, 2.24) is 10.2 Å². The maximum Gasteiger partial charge on any atom is 0.132 e. The maximum atomic E-state index is 14.3. The second-order valence-electron chi connectivity index (χ2n) is 5.71. The minimum atomic E-state index is -0.0960. The highest BCUT2D eigenvalue weighted by Gasteiger charge is 2.18. The van der Waals surface area contributed by atoms with Crippen LogP contribution in [0.1, 0.15) is 37.6 Å². The first-order valence-corrected chi connectivity index (χ1v) is 8.47. The molecule has 0 unspecified atom stereocenters. The van der Waals surface area contributed by atoms with Crippen LogP contribution in [0.2, 0.25) is 0 Å². The zero-order chi connectivity index (χ0) is 15.4. The first-order chi connectivity index (χ1) is 10.1. The molecule has 4 heteroatoms. The predicted octanol–water partition coefficient (Wildman–Crippen LogP) is 4.38. The number of nitrogens with zero attached hydrogens (tertiary/aromatic N) is 1. The van der Waals surface area contributed by atoms with Gasteiger partial charge in [0.05, 0.1) is 0 Å². The summed E-state index contributed by atoms with van der Waals surface area (Å²) < 4.78 is 15.4. The van der Waals surface area contributed by atoms with E-state index in [-0.39, 0.29) is 5.82 Å². The SMILES string of the molecule is CCCN(Cc1c(CNC)sc2cccc(F)c12)C(C)C. The van der Waals surface area contributed by atoms with E-state index in [0.717, 1.165) is 41.7 Å². The molecule has 2 nitrogen and oxygen atoms in total. The molecule has 0 saturated carbocycles. The number of thiophene rings is 1. The van der Waals surface area contributed by atoms with E-state index in [0.29, 0.717) is 6.04 Å². The van der Waals surface area contributed by atoms with E-state index >= 15 is 0 Å². The summed E-state index contributed by atoms with van der Waals surface area (Å²) >= 11 is 1.71. The molecule has 0 bridgehead atoms. The standard InChI is InChI=1S/C17H25FN2S/c1-5-9-20(12(2)3)11-13-16(10-19-4)21-15-8-6-7-14(18)17(13)15/h6-8,12,19H,5,9-11H2,1-4H3. The van der Waals surface area contributed by atoms with Crippen LogP contribution in [-0.2, 0) is 13.1 Å². The van der Waals surface area contributed by atoms with Gasteiger partial charge in [-0.15, -0.1) is 11.3 Å². The van der Waals surface area contributed by atoms with Gasteiger partial charge in [0.2, 0.25) is 0 Å². The van der Waals surface area contributed by atoms with E-state index < -0.39 is 0 Å². The Bertz CT molecular complexity index is 592. The molecule has 0 aliphatic heterocycles. The largest absolute Gasteiger partial charge is 0.315 e. The third-order valence-corrected chi connectivity index (χ3v) is 4.98. The molecular formula is C17H25FN2S. The number of fused-ring (bicyclic) bond motifs is 1. The summed E-state index contributed by atoms with van der Waals surface area (Å²) in [4.78, 5) is 3.67. The van der Waals surface area contributed by atoms with Crippen LogP contribution in [0.4, 0.5) is 4.39 Å². The highest BCUT2D eigenvalue weighted by molar-refractivity contribution is 7.19. The zero-order valence-electron chi connectivity index (χ0n) is 13.4. The van der Waals surface area contributed by atoms with Crippen LogP contribution in [0.3, 0.4) is 0 Å². The fourth-order valence-electron chi connectivity index (χ4n) is 2.70. The van der Waals surface area contributed by atoms with E-state index in [9.17, 15) is 4.39 Å². The van der Waals surface area contributed by atoms with Crippen LogP contribution in [-0.4, -0.2) is 24.5 Å². The molecule has 0 radical (unpaired) electrons. The molecule has 0 aliphatic rings. The Hall–Kier alpha value is -0.970. The predicted molar refractivity (Wildman–Crippen MR) is 90.4 cm³/mol. The number of hydrogen-bond acceptors (Lipinski definition) is 3. The van der Waals surface area contributed by atoms with Crippen LogP contribution in [0, 0.1) is 5.82 Å². The van der Waals surface area contributed by atoms with Gasteiger partial charge in [-0.3, -0.25) is 4.90 Å². The van der Waals surface area contributed by atoms with Gasteiger partial charge in [-0.25, -0.2) is 4.39 Å². The van der Waals surface area contributed by atoms with Gasteiger partial charge in [0.1, 0.15) is 5.82 Å². The van der Waals surface area contributed by atoms with Gasteiger partial charge in [0.25, 0.3) is 0 Å². The van der Waals surface area contributed by atoms with E-state index in [2.05, 4.69) is 31.0 Å². The monoisotopic (exact) mass is 308 g/mol. The van der Waals surface area contributed by atoms with Crippen LogP contribution in [0.5, 0.6) is 0 Å². The van der Waals surface area contributed by atoms with Gasteiger partial charge in [-0.05, 0) is 51.6 Å². The lowest BCUT2D eigenvalue weighted by Gasteiger charge is -2.26. The summed E-state index contributed by atoms with van der Waals surface area (Å²) in [6.45, 7) is 9.27. The van der Waals surface area contributed by atoms with Crippen LogP contribution < -0.4 is 5.32 Å². The summed E-state index contributed by atoms with van der Waals surface area (Å²) in [6.07, 6.45) is 1.12. The van der Waals surface area contributed by atoms with Gasteiger partial charge in [0.15, 0.2) is 0 Å². The molecule has 116 valence electrons. The third kappa shape index (κ3) is 3.62. The highest BCUT2D eigenvalue weighted by atomic mass is 32.1. The van der Waals surface area contributed by atoms with Gasteiger partial charge >= 0.3 is 0 Å². The normalized spacial score (nSPS) is 12.0. The molecule has 0 saturated heterocycles. The fraction of sp³-hybridized carbons (Fsp3) is 0.529. The fourth-order valence-corrected chi connectivity index (χ4v) is 3.94. The van der Waals surface area contributed by atoms with E-state index in [1.165, 1.54) is 4.88 Å². The number of benzene rings is 1. The van der Waals surface area contributed by atoms with Crippen molar-refractivity contribution < 1.29 is 4.39 Å². The molecule has 21 heavy (non-hydrogen) atoms. The Kier molecular flexibility index (Phi) is 5.73. The maximum absolute atomic E-state index is 14.3. The second kappa shape index (κ2) is 7.34. The van der Waals surface area contributed by atoms with Crippen molar-refractivity contribution in [1.29, 1.82) is 0 Å². The van der Waals surface area contributed by atoms with Crippen molar-refractivity contribution in [2.45, 2.75) is 46.3 Å². The Morgan fingerprint density at radius 1 is 1.33 bits per heavy atom. The van der Waals surface area contributed by atoms with Crippen molar-refractivity contribution in [3.63, 3.8) is 0 Å². The van der Waals surface area contributed by atoms with Gasteiger partial charge in [-0.1, -0.05) is 13.0 Å². The molecule has 2 aromatic rings. The number of rotatable bonds is 7. The Morgan fingerprint density at radius 2 is 2.10 bits per heavy atom. The van der Waals surface area contributed by atoms with E-state index in [1.54, 1.807) is 23.5 Å². The molecule has 0 spiro atoms. The van der Waals surface area contributed by atoms with Gasteiger partial charge < -0.3 is 5.32 Å². The molecule has 0 aliphatic carbocycles. The summed E-state index contributed by atoms with van der Waals surface area (Å²) in [5, 5.41) is 4.02. The lowest BCUT2D eigenvalue weighted by molar-refractivity contribution is 0.213. The summed E-state index contributed by atoms with van der Waals surface area (Å²) in [5.41, 5.74) is 1.16. The smallest absolute Gasteiger partial charge is 0.132 e. The quantitative estimate of drug-likeness (QED) is 0.816. The lowest BCUT2D eigenvalue weighted by atomic mass is 10.1. The zero-order valence-corrected chi connectivity index (χ0v) is 14.2. The van der Waals surface area contributed by atoms with E-state index in [4.69, 9.17) is 0 Å². The van der Waals surface area contributed by atoms with Gasteiger partial charge in [0, 0.05) is 34.1 Å². The number of halogens is 1. The van der Waals surface area contributed by atoms with Crippen molar-refractivity contribution in [2.24, 2.45) is 0 Å². The molecule has 1 aromatic heterocycles. The topological polar surface area (TPSA) is 15.3 Å². The van der Waals surface area contributed by atoms with Crippen molar-refractivity contribution in [3.8, 4) is 0 Å². The molecule has 1 N–H and O–H groups in total. The summed E-state index contributed by atoms with van der Waals surface area (Å²) in [5.74, 6) is -0.0960. The van der Waals surface area contributed by atoms with Crippen molar-refractivity contribution >= 4 is 21.4 Å². The van der Waals surface area contributed by atoms with E-state index in [1.807, 2.05) is 13.1 Å². The van der Waals surface area contributed by atoms with Crippen molar-refractivity contribution in [3.05, 3.63) is 34.5 Å². The Morgan fingerprint density at radius 3 is 2.71 bits per heavy atom. The number of hydrogen-bond donors (Lipinski definition) is 1. The first-order valence-electron chi connectivity index (χ1n) is 7.65. The van der Waals surface area contributed by atoms with Crippen molar-refractivity contribution in [2.75, 3.05) is 13.6 Å². The Balaban J connectivity index is 2.46. The molecule has 2 rings (SSSR count).